The fourth-order valence-corrected chi connectivity index (χ4v) is 3.49. The van der Waals surface area contributed by atoms with Crippen molar-refractivity contribution >= 4 is 5.57 Å². The number of para-hydroxylation sites is 2. The summed E-state index contributed by atoms with van der Waals surface area (Å²) in [7, 11) is 0. The molecule has 102 valence electrons. The van der Waals surface area contributed by atoms with E-state index in [2.05, 4.69) is 30.3 Å². The van der Waals surface area contributed by atoms with Crippen LogP contribution in [0.4, 0.5) is 0 Å². The van der Waals surface area contributed by atoms with Gasteiger partial charge in [-0.3, -0.25) is 0 Å². The van der Waals surface area contributed by atoms with Crippen molar-refractivity contribution in [2.75, 3.05) is 0 Å². The van der Waals surface area contributed by atoms with Crippen LogP contribution in [0.3, 0.4) is 0 Å². The van der Waals surface area contributed by atoms with E-state index < -0.39 is 0 Å². The van der Waals surface area contributed by atoms with Crippen LogP contribution < -0.4 is 9.47 Å². The Morgan fingerprint density at radius 1 is 0.905 bits per heavy atom. The summed E-state index contributed by atoms with van der Waals surface area (Å²) in [4.78, 5) is 0. The second-order valence-corrected chi connectivity index (χ2v) is 5.74. The van der Waals surface area contributed by atoms with Gasteiger partial charge in [0, 0.05) is 6.42 Å². The lowest BCUT2D eigenvalue weighted by Gasteiger charge is -2.31. The van der Waals surface area contributed by atoms with Crippen LogP contribution in [0.1, 0.15) is 17.5 Å². The highest BCUT2D eigenvalue weighted by Crippen LogP contribution is 2.45. The summed E-state index contributed by atoms with van der Waals surface area (Å²) in [5.74, 6) is 2.61. The number of rotatable bonds is 0. The zero-order valence-electron chi connectivity index (χ0n) is 11.5. The zero-order chi connectivity index (χ0) is 13.8. The van der Waals surface area contributed by atoms with Crippen molar-refractivity contribution in [2.24, 2.45) is 0 Å². The predicted octanol–water partition coefficient (Wildman–Crippen LogP) is 4.12. The maximum atomic E-state index is 6.13. The number of fused-ring (bicyclic) bond motifs is 4. The van der Waals surface area contributed by atoms with Crippen LogP contribution in [-0.2, 0) is 6.42 Å². The third kappa shape index (κ3) is 1.59. The smallest absolute Gasteiger partial charge is 0.169 e. The summed E-state index contributed by atoms with van der Waals surface area (Å²) in [6.07, 6.45) is 4.09. The van der Waals surface area contributed by atoms with Crippen molar-refractivity contribution in [1.29, 1.82) is 0 Å². The van der Waals surface area contributed by atoms with Crippen molar-refractivity contribution in [3.8, 4) is 11.5 Å². The Hall–Kier alpha value is -2.48. The molecule has 1 unspecified atom stereocenters. The molecule has 0 aromatic heterocycles. The van der Waals surface area contributed by atoms with E-state index >= 15 is 0 Å². The SMILES string of the molecule is C1=C2Oc3ccccc3OC2CC2=C1Cc1ccccc12. The minimum absolute atomic E-state index is 0.00445. The Kier molecular flexibility index (Phi) is 2.14. The van der Waals surface area contributed by atoms with Crippen molar-refractivity contribution in [3.05, 3.63) is 77.1 Å². The molecule has 5 rings (SSSR count). The normalized spacial score (nSPS) is 21.3. The molecule has 0 radical (unpaired) electrons. The van der Waals surface area contributed by atoms with Crippen LogP contribution in [0.15, 0.2) is 65.9 Å². The molecular formula is C19H14O2. The lowest BCUT2D eigenvalue weighted by Crippen LogP contribution is -2.29. The van der Waals surface area contributed by atoms with Gasteiger partial charge in [0.1, 0.15) is 5.76 Å². The van der Waals surface area contributed by atoms with Crippen LogP contribution in [-0.4, -0.2) is 6.10 Å². The molecule has 2 aromatic rings. The van der Waals surface area contributed by atoms with Crippen LogP contribution in [0.25, 0.3) is 5.57 Å². The topological polar surface area (TPSA) is 18.5 Å². The van der Waals surface area contributed by atoms with Crippen LogP contribution >= 0.6 is 0 Å². The number of hydrogen-bond acceptors (Lipinski definition) is 2. The van der Waals surface area contributed by atoms with E-state index in [0.717, 1.165) is 30.1 Å². The summed E-state index contributed by atoms with van der Waals surface area (Å²) in [5.41, 5.74) is 5.59. The third-order valence-electron chi connectivity index (χ3n) is 4.48. The zero-order valence-corrected chi connectivity index (χ0v) is 11.5. The molecule has 1 aliphatic heterocycles. The monoisotopic (exact) mass is 274 g/mol. The van der Waals surface area contributed by atoms with Gasteiger partial charge in [-0.15, -0.1) is 0 Å². The van der Waals surface area contributed by atoms with Gasteiger partial charge in [-0.05, 0) is 46.9 Å². The molecule has 1 atom stereocenters. The van der Waals surface area contributed by atoms with Gasteiger partial charge in [0.2, 0.25) is 0 Å². The summed E-state index contributed by atoms with van der Waals surface area (Å²) in [6, 6.07) is 16.5. The minimum Gasteiger partial charge on any atom is -0.478 e. The summed E-state index contributed by atoms with van der Waals surface area (Å²) >= 11 is 0. The Labute approximate surface area is 123 Å². The van der Waals surface area contributed by atoms with Gasteiger partial charge < -0.3 is 9.47 Å². The molecule has 0 spiro atoms. The first-order chi connectivity index (χ1) is 10.4. The highest BCUT2D eigenvalue weighted by atomic mass is 16.6. The maximum absolute atomic E-state index is 6.13. The molecule has 0 amide bonds. The third-order valence-corrected chi connectivity index (χ3v) is 4.48. The lowest BCUT2D eigenvalue weighted by molar-refractivity contribution is 0.149. The largest absolute Gasteiger partial charge is 0.478 e. The molecule has 2 nitrogen and oxygen atoms in total. The van der Waals surface area contributed by atoms with Gasteiger partial charge in [0.05, 0.1) is 0 Å². The van der Waals surface area contributed by atoms with Gasteiger partial charge in [-0.1, -0.05) is 36.4 Å². The molecule has 2 heteroatoms. The number of ether oxygens (including phenoxy) is 2. The average Bonchev–Trinajstić information content (AvgIpc) is 2.88. The summed E-state index contributed by atoms with van der Waals surface area (Å²) in [5, 5.41) is 0. The van der Waals surface area contributed by atoms with Crippen LogP contribution in [0.2, 0.25) is 0 Å². The molecule has 2 aromatic carbocycles. The van der Waals surface area contributed by atoms with Crippen LogP contribution in [0.5, 0.6) is 11.5 Å². The Morgan fingerprint density at radius 3 is 2.67 bits per heavy atom. The van der Waals surface area contributed by atoms with Gasteiger partial charge >= 0.3 is 0 Å². The van der Waals surface area contributed by atoms with E-state index in [9.17, 15) is 0 Å². The van der Waals surface area contributed by atoms with E-state index in [1.165, 1.54) is 22.3 Å². The molecule has 1 heterocycles. The highest BCUT2D eigenvalue weighted by molar-refractivity contribution is 5.80. The first kappa shape index (κ1) is 11.2. The summed E-state index contributed by atoms with van der Waals surface area (Å²) in [6.45, 7) is 0. The molecule has 0 saturated heterocycles. The van der Waals surface area contributed by atoms with Crippen molar-refractivity contribution in [3.63, 3.8) is 0 Å². The van der Waals surface area contributed by atoms with Gasteiger partial charge in [-0.25, -0.2) is 0 Å². The van der Waals surface area contributed by atoms with Gasteiger partial charge in [-0.2, -0.15) is 0 Å². The first-order valence-electron chi connectivity index (χ1n) is 7.34. The maximum Gasteiger partial charge on any atom is 0.169 e. The fourth-order valence-electron chi connectivity index (χ4n) is 3.49. The molecular weight excluding hydrogens is 260 g/mol. The Balaban J connectivity index is 1.58. The van der Waals surface area contributed by atoms with Crippen molar-refractivity contribution in [2.45, 2.75) is 18.9 Å². The second kappa shape index (κ2) is 4.01. The fraction of sp³-hybridized carbons (Fsp3) is 0.158. The molecule has 0 saturated carbocycles. The van der Waals surface area contributed by atoms with E-state index in [1.54, 1.807) is 0 Å². The van der Waals surface area contributed by atoms with E-state index in [0.29, 0.717) is 0 Å². The quantitative estimate of drug-likeness (QED) is 0.719. The molecule has 0 N–H and O–H groups in total. The van der Waals surface area contributed by atoms with Gasteiger partial charge in [0.25, 0.3) is 0 Å². The first-order valence-corrected chi connectivity index (χ1v) is 7.34. The average molecular weight is 274 g/mol. The predicted molar refractivity (Wildman–Crippen MR) is 81.3 cm³/mol. The number of benzene rings is 2. The highest BCUT2D eigenvalue weighted by Gasteiger charge is 2.34. The summed E-state index contributed by atoms with van der Waals surface area (Å²) < 4.78 is 12.2. The molecule has 21 heavy (non-hydrogen) atoms. The van der Waals surface area contributed by atoms with E-state index in [1.807, 2.05) is 24.3 Å². The van der Waals surface area contributed by atoms with Crippen molar-refractivity contribution in [1.82, 2.24) is 0 Å². The van der Waals surface area contributed by atoms with Crippen molar-refractivity contribution < 1.29 is 9.47 Å². The number of hydrogen-bond donors (Lipinski definition) is 0. The van der Waals surface area contributed by atoms with Gasteiger partial charge in [0.15, 0.2) is 17.6 Å². The Bertz CT molecular complexity index is 814. The molecule has 3 aliphatic rings. The van der Waals surface area contributed by atoms with E-state index in [-0.39, 0.29) is 6.10 Å². The molecule has 0 fully saturated rings. The number of allylic oxidation sites excluding steroid dienone is 2. The van der Waals surface area contributed by atoms with E-state index in [4.69, 9.17) is 9.47 Å². The standard InChI is InChI=1S/C19H14O2/c1-2-6-14-12(5-1)9-13-10-18-19(11-15(13)14)21-17-8-4-3-7-16(17)20-18/h1-8,10,19H,9,11H2. The lowest BCUT2D eigenvalue weighted by atomic mass is 9.93. The molecule has 2 aliphatic carbocycles. The van der Waals surface area contributed by atoms with Crippen LogP contribution in [0, 0.1) is 0 Å². The minimum atomic E-state index is 0.00445. The molecule has 0 bridgehead atoms. The second-order valence-electron chi connectivity index (χ2n) is 5.74. The Morgan fingerprint density at radius 2 is 1.71 bits per heavy atom.